The first-order valence-electron chi connectivity index (χ1n) is 6.68. The van der Waals surface area contributed by atoms with E-state index in [1.807, 2.05) is 0 Å². The molecule has 0 saturated heterocycles. The molecule has 0 spiro atoms. The molecule has 0 heterocycles. The van der Waals surface area contributed by atoms with Crippen molar-refractivity contribution in [1.29, 1.82) is 0 Å². The van der Waals surface area contributed by atoms with E-state index in [1.54, 1.807) is 0 Å². The highest BCUT2D eigenvalue weighted by molar-refractivity contribution is 5.32. The van der Waals surface area contributed by atoms with Crippen LogP contribution in [0.15, 0.2) is 18.2 Å². The number of benzene rings is 1. The molecule has 1 aromatic rings. The molecule has 2 rings (SSSR count). The van der Waals surface area contributed by atoms with E-state index in [-0.39, 0.29) is 0 Å². The first-order valence-corrected chi connectivity index (χ1v) is 6.68. The number of nitrogens with one attached hydrogen (secondary N) is 1. The summed E-state index contributed by atoms with van der Waals surface area (Å²) in [5, 5.41) is 3.56. The zero-order valence-electron chi connectivity index (χ0n) is 11.0. The zero-order chi connectivity index (χ0) is 12.1. The topological polar surface area (TPSA) is 21.3 Å². The van der Waals surface area contributed by atoms with Gasteiger partial charge in [-0.05, 0) is 49.9 Å². The minimum absolute atomic E-state index is 0.734. The van der Waals surface area contributed by atoms with Gasteiger partial charge in [0.1, 0.15) is 12.4 Å². The fourth-order valence-corrected chi connectivity index (χ4v) is 2.58. The van der Waals surface area contributed by atoms with Crippen LogP contribution in [0.1, 0.15) is 36.8 Å². The maximum atomic E-state index is 5.76. The smallest absolute Gasteiger partial charge is 0.119 e. The Morgan fingerprint density at radius 3 is 2.41 bits per heavy atom. The van der Waals surface area contributed by atoms with E-state index in [2.05, 4.69) is 37.4 Å². The Bertz CT molecular complexity index is 336. The summed E-state index contributed by atoms with van der Waals surface area (Å²) >= 11 is 0. The van der Waals surface area contributed by atoms with Gasteiger partial charge in [0.2, 0.25) is 0 Å². The van der Waals surface area contributed by atoms with Crippen LogP contribution in [0.3, 0.4) is 0 Å². The Morgan fingerprint density at radius 1 is 1.12 bits per heavy atom. The third-order valence-electron chi connectivity index (χ3n) is 3.35. The molecule has 17 heavy (non-hydrogen) atoms. The minimum Gasteiger partial charge on any atom is -0.492 e. The molecule has 1 saturated carbocycles. The van der Waals surface area contributed by atoms with Crippen LogP contribution in [-0.2, 0) is 0 Å². The molecule has 0 amide bonds. The van der Waals surface area contributed by atoms with Gasteiger partial charge in [0.15, 0.2) is 0 Å². The van der Waals surface area contributed by atoms with Crippen molar-refractivity contribution in [1.82, 2.24) is 5.32 Å². The maximum Gasteiger partial charge on any atom is 0.119 e. The van der Waals surface area contributed by atoms with E-state index in [0.717, 1.165) is 24.9 Å². The summed E-state index contributed by atoms with van der Waals surface area (Å²) in [6, 6.07) is 7.10. The molecule has 1 aliphatic rings. The molecule has 0 aliphatic heterocycles. The molecule has 0 aromatic heterocycles. The van der Waals surface area contributed by atoms with Crippen molar-refractivity contribution in [2.24, 2.45) is 0 Å². The van der Waals surface area contributed by atoms with Gasteiger partial charge >= 0.3 is 0 Å². The van der Waals surface area contributed by atoms with Crippen molar-refractivity contribution in [2.45, 2.75) is 45.6 Å². The van der Waals surface area contributed by atoms with Crippen molar-refractivity contribution >= 4 is 0 Å². The summed E-state index contributed by atoms with van der Waals surface area (Å²) in [5.41, 5.74) is 2.53. The Balaban J connectivity index is 1.70. The molecule has 0 bridgehead atoms. The van der Waals surface area contributed by atoms with Crippen LogP contribution in [0.2, 0.25) is 0 Å². The monoisotopic (exact) mass is 233 g/mol. The Labute approximate surface area is 104 Å². The molecule has 94 valence electrons. The highest BCUT2D eigenvalue weighted by Gasteiger charge is 2.13. The van der Waals surface area contributed by atoms with E-state index in [1.165, 1.54) is 36.8 Å². The second kappa shape index (κ2) is 6.06. The number of rotatable bonds is 5. The Kier molecular flexibility index (Phi) is 4.43. The summed E-state index contributed by atoms with van der Waals surface area (Å²) in [7, 11) is 0. The average molecular weight is 233 g/mol. The van der Waals surface area contributed by atoms with Crippen LogP contribution in [-0.4, -0.2) is 19.2 Å². The summed E-state index contributed by atoms with van der Waals surface area (Å²) in [5.74, 6) is 0.996. The van der Waals surface area contributed by atoms with Gasteiger partial charge in [-0.15, -0.1) is 0 Å². The van der Waals surface area contributed by atoms with Crippen LogP contribution in [0.5, 0.6) is 5.75 Å². The number of hydrogen-bond donors (Lipinski definition) is 1. The van der Waals surface area contributed by atoms with Crippen molar-refractivity contribution in [3.05, 3.63) is 29.3 Å². The average Bonchev–Trinajstić information content (AvgIpc) is 2.76. The lowest BCUT2D eigenvalue weighted by Crippen LogP contribution is -2.30. The second-order valence-corrected chi connectivity index (χ2v) is 5.11. The number of aryl methyl sites for hydroxylation is 2. The van der Waals surface area contributed by atoms with Crippen LogP contribution < -0.4 is 10.1 Å². The van der Waals surface area contributed by atoms with Crippen molar-refractivity contribution < 1.29 is 4.74 Å². The van der Waals surface area contributed by atoms with Gasteiger partial charge in [-0.25, -0.2) is 0 Å². The van der Waals surface area contributed by atoms with Crippen molar-refractivity contribution in [3.63, 3.8) is 0 Å². The minimum atomic E-state index is 0.734. The predicted molar refractivity (Wildman–Crippen MR) is 71.7 cm³/mol. The van der Waals surface area contributed by atoms with Gasteiger partial charge in [0.05, 0.1) is 0 Å². The Morgan fingerprint density at radius 2 is 1.76 bits per heavy atom. The van der Waals surface area contributed by atoms with Gasteiger partial charge in [0.25, 0.3) is 0 Å². The highest BCUT2D eigenvalue weighted by atomic mass is 16.5. The van der Waals surface area contributed by atoms with Crippen LogP contribution in [0.4, 0.5) is 0 Å². The molecule has 1 aliphatic carbocycles. The van der Waals surface area contributed by atoms with Gasteiger partial charge in [-0.3, -0.25) is 0 Å². The lowest BCUT2D eigenvalue weighted by atomic mass is 10.1. The molecule has 1 aromatic carbocycles. The highest BCUT2D eigenvalue weighted by Crippen LogP contribution is 2.18. The molecule has 1 N–H and O–H groups in total. The van der Waals surface area contributed by atoms with Crippen molar-refractivity contribution in [2.75, 3.05) is 13.2 Å². The van der Waals surface area contributed by atoms with Crippen LogP contribution >= 0.6 is 0 Å². The number of ether oxygens (including phenoxy) is 1. The van der Waals surface area contributed by atoms with Gasteiger partial charge in [-0.2, -0.15) is 0 Å². The van der Waals surface area contributed by atoms with Gasteiger partial charge in [-0.1, -0.05) is 18.9 Å². The fraction of sp³-hybridized carbons (Fsp3) is 0.600. The molecule has 0 unspecified atom stereocenters. The predicted octanol–water partition coefficient (Wildman–Crippen LogP) is 3.21. The first kappa shape index (κ1) is 12.4. The lowest BCUT2D eigenvalue weighted by molar-refractivity contribution is 0.305. The quantitative estimate of drug-likeness (QED) is 0.788. The van der Waals surface area contributed by atoms with Crippen LogP contribution in [0.25, 0.3) is 0 Å². The van der Waals surface area contributed by atoms with Crippen molar-refractivity contribution in [3.8, 4) is 5.75 Å². The van der Waals surface area contributed by atoms with E-state index in [9.17, 15) is 0 Å². The van der Waals surface area contributed by atoms with E-state index in [4.69, 9.17) is 4.74 Å². The third kappa shape index (κ3) is 4.04. The zero-order valence-corrected chi connectivity index (χ0v) is 11.0. The summed E-state index contributed by atoms with van der Waals surface area (Å²) in [6.07, 6.45) is 5.44. The molecule has 0 atom stereocenters. The largest absolute Gasteiger partial charge is 0.492 e. The maximum absolute atomic E-state index is 5.76. The third-order valence-corrected chi connectivity index (χ3v) is 3.35. The fourth-order valence-electron chi connectivity index (χ4n) is 2.58. The molecule has 1 fully saturated rings. The normalized spacial score (nSPS) is 16.4. The van der Waals surface area contributed by atoms with E-state index >= 15 is 0 Å². The first-order chi connectivity index (χ1) is 8.24. The molecular weight excluding hydrogens is 210 g/mol. The summed E-state index contributed by atoms with van der Waals surface area (Å²) < 4.78 is 5.76. The summed E-state index contributed by atoms with van der Waals surface area (Å²) in [4.78, 5) is 0. The van der Waals surface area contributed by atoms with E-state index < -0.39 is 0 Å². The van der Waals surface area contributed by atoms with E-state index in [0.29, 0.717) is 0 Å². The molecule has 2 nitrogen and oxygen atoms in total. The lowest BCUT2D eigenvalue weighted by Gasteiger charge is -2.13. The molecule has 0 radical (unpaired) electrons. The summed E-state index contributed by atoms with van der Waals surface area (Å²) in [6.45, 7) is 5.93. The Hall–Kier alpha value is -1.02. The van der Waals surface area contributed by atoms with Gasteiger partial charge in [0, 0.05) is 12.6 Å². The molecule has 2 heteroatoms. The standard InChI is InChI=1S/C15H23NO/c1-12-9-13(2)11-15(10-12)17-8-7-16-14-5-3-4-6-14/h9-11,14,16H,3-8H2,1-2H3. The SMILES string of the molecule is Cc1cc(C)cc(OCCNC2CCCC2)c1. The second-order valence-electron chi connectivity index (χ2n) is 5.11. The van der Waals surface area contributed by atoms with Gasteiger partial charge < -0.3 is 10.1 Å². The van der Waals surface area contributed by atoms with Crippen LogP contribution in [0, 0.1) is 13.8 Å². The number of hydrogen-bond acceptors (Lipinski definition) is 2. The molecular formula is C15H23NO.